The van der Waals surface area contributed by atoms with E-state index in [2.05, 4.69) is 21.4 Å². The number of nitrogens with one attached hydrogen (secondary N) is 1. The number of aromatic nitrogens is 3. The lowest BCUT2D eigenvalue weighted by Crippen LogP contribution is -2.10. The number of anilines is 1. The van der Waals surface area contributed by atoms with E-state index in [1.165, 1.54) is 6.07 Å². The number of imidazole rings is 1. The lowest BCUT2D eigenvalue weighted by Gasteiger charge is -2.12. The molecule has 3 aromatic rings. The minimum Gasteiger partial charge on any atom is -0.493 e. The van der Waals surface area contributed by atoms with Gasteiger partial charge in [-0.15, -0.1) is 0 Å². The summed E-state index contributed by atoms with van der Waals surface area (Å²) in [6.45, 7) is 0.876. The maximum Gasteiger partial charge on any atom is 0.208 e. The van der Waals surface area contributed by atoms with Crippen LogP contribution in [0.2, 0.25) is 0 Å². The topological polar surface area (TPSA) is 75.2 Å². The average molecular weight is 349 g/mol. The van der Waals surface area contributed by atoms with Gasteiger partial charge in [-0.25, -0.2) is 14.4 Å². The van der Waals surface area contributed by atoms with Crippen LogP contribution in [-0.2, 0) is 13.0 Å². The van der Waals surface area contributed by atoms with Crippen LogP contribution in [0.5, 0.6) is 5.75 Å². The number of rotatable bonds is 4. The summed E-state index contributed by atoms with van der Waals surface area (Å²) in [6.07, 6.45) is 6.45. The molecule has 0 saturated heterocycles. The fraction of sp³-hybridized carbons (Fsp3) is 0.316. The first-order valence-corrected chi connectivity index (χ1v) is 8.69. The Balaban J connectivity index is 1.51. The van der Waals surface area contributed by atoms with E-state index in [1.54, 1.807) is 16.7 Å². The predicted octanol–water partition coefficient (Wildman–Crippen LogP) is 3.16. The number of fused-ring (bicyclic) bond motifs is 2. The highest BCUT2D eigenvalue weighted by Crippen LogP contribution is 2.41. The molecule has 1 aromatic carbocycles. The second kappa shape index (κ2) is 5.70. The highest BCUT2D eigenvalue weighted by atomic mass is 19.1. The molecule has 1 N–H and O–H groups in total. The molecule has 26 heavy (non-hydrogen) atoms. The Morgan fingerprint density at radius 1 is 1.38 bits per heavy atom. The number of nitriles is 1. The summed E-state index contributed by atoms with van der Waals surface area (Å²) in [4.78, 5) is 8.91. The molecule has 0 bridgehead atoms. The van der Waals surface area contributed by atoms with E-state index in [-0.39, 0.29) is 5.82 Å². The quantitative estimate of drug-likeness (QED) is 0.783. The number of halogens is 1. The third-order valence-electron chi connectivity index (χ3n) is 5.01. The van der Waals surface area contributed by atoms with Crippen LogP contribution in [0.25, 0.3) is 5.65 Å². The van der Waals surface area contributed by atoms with Crippen LogP contribution in [0.1, 0.15) is 41.1 Å². The standard InChI is InChI=1S/C19H16FN5O/c20-16-3-4-17-13(5-6-26-17)15(16)9-23-19-22-8-14(11-1-2-11)18-24-12(7-21)10-25(18)19/h3-4,8,10-11H,1-2,5-6,9H2,(H,22,23). The molecule has 1 aliphatic heterocycles. The first-order chi connectivity index (χ1) is 12.7. The molecule has 1 fully saturated rings. The van der Waals surface area contributed by atoms with Gasteiger partial charge >= 0.3 is 0 Å². The Bertz CT molecular complexity index is 1060. The zero-order valence-corrected chi connectivity index (χ0v) is 14.0. The van der Waals surface area contributed by atoms with Crippen LogP contribution in [-0.4, -0.2) is 21.0 Å². The fourth-order valence-corrected chi connectivity index (χ4v) is 3.54. The summed E-state index contributed by atoms with van der Waals surface area (Å²) < 4.78 is 21.6. The molecule has 0 spiro atoms. The van der Waals surface area contributed by atoms with E-state index in [1.807, 2.05) is 6.20 Å². The van der Waals surface area contributed by atoms with Gasteiger partial charge in [-0.2, -0.15) is 5.26 Å². The van der Waals surface area contributed by atoms with Crippen molar-refractivity contribution in [2.75, 3.05) is 11.9 Å². The van der Waals surface area contributed by atoms with E-state index < -0.39 is 0 Å². The lowest BCUT2D eigenvalue weighted by molar-refractivity contribution is 0.356. The van der Waals surface area contributed by atoms with E-state index in [0.29, 0.717) is 42.7 Å². The molecule has 2 aliphatic rings. The Labute approximate surface area is 149 Å². The van der Waals surface area contributed by atoms with Crippen LogP contribution < -0.4 is 10.1 Å². The number of hydrogen-bond donors (Lipinski definition) is 1. The Morgan fingerprint density at radius 3 is 3.08 bits per heavy atom. The van der Waals surface area contributed by atoms with Crippen molar-refractivity contribution in [3.05, 3.63) is 52.7 Å². The molecule has 0 atom stereocenters. The molecule has 130 valence electrons. The Hall–Kier alpha value is -3.14. The Kier molecular flexibility index (Phi) is 3.32. The van der Waals surface area contributed by atoms with Gasteiger partial charge in [0.1, 0.15) is 23.3 Å². The highest BCUT2D eigenvalue weighted by molar-refractivity contribution is 5.57. The van der Waals surface area contributed by atoms with Gasteiger partial charge in [0, 0.05) is 35.9 Å². The monoisotopic (exact) mass is 349 g/mol. The van der Waals surface area contributed by atoms with Crippen molar-refractivity contribution < 1.29 is 9.13 Å². The summed E-state index contributed by atoms with van der Waals surface area (Å²) in [7, 11) is 0. The summed E-state index contributed by atoms with van der Waals surface area (Å²) in [5, 5.41) is 12.4. The molecule has 3 heterocycles. The Morgan fingerprint density at radius 2 is 2.27 bits per heavy atom. The molecule has 0 amide bonds. The van der Waals surface area contributed by atoms with Gasteiger partial charge in [0.15, 0.2) is 5.69 Å². The summed E-state index contributed by atoms with van der Waals surface area (Å²) in [5.41, 5.74) is 3.68. The molecule has 7 heteroatoms. The number of hydrogen-bond acceptors (Lipinski definition) is 5. The van der Waals surface area contributed by atoms with Gasteiger partial charge in [0.05, 0.1) is 12.8 Å². The second-order valence-electron chi connectivity index (χ2n) is 6.70. The lowest BCUT2D eigenvalue weighted by atomic mass is 10.0. The zero-order valence-electron chi connectivity index (χ0n) is 14.0. The fourth-order valence-electron chi connectivity index (χ4n) is 3.54. The highest BCUT2D eigenvalue weighted by Gasteiger charge is 2.28. The van der Waals surface area contributed by atoms with E-state index >= 15 is 0 Å². The van der Waals surface area contributed by atoms with Gasteiger partial charge in [0.25, 0.3) is 0 Å². The third-order valence-corrected chi connectivity index (χ3v) is 5.01. The van der Waals surface area contributed by atoms with Crippen LogP contribution in [0.3, 0.4) is 0 Å². The minimum atomic E-state index is -0.254. The van der Waals surface area contributed by atoms with Crippen LogP contribution in [0, 0.1) is 17.1 Å². The molecular formula is C19H16FN5O. The molecular weight excluding hydrogens is 333 g/mol. The predicted molar refractivity (Wildman–Crippen MR) is 92.6 cm³/mol. The van der Waals surface area contributed by atoms with Crippen molar-refractivity contribution in [1.29, 1.82) is 5.26 Å². The smallest absolute Gasteiger partial charge is 0.208 e. The van der Waals surface area contributed by atoms with Crippen molar-refractivity contribution in [2.24, 2.45) is 0 Å². The molecule has 0 unspecified atom stereocenters. The first-order valence-electron chi connectivity index (χ1n) is 8.69. The zero-order chi connectivity index (χ0) is 17.7. The van der Waals surface area contributed by atoms with Gasteiger partial charge in [-0.05, 0) is 30.9 Å². The van der Waals surface area contributed by atoms with Gasteiger partial charge in [0.2, 0.25) is 5.95 Å². The third kappa shape index (κ3) is 2.37. The summed E-state index contributed by atoms with van der Waals surface area (Å²) >= 11 is 0. The molecule has 5 rings (SSSR count). The van der Waals surface area contributed by atoms with Crippen molar-refractivity contribution in [2.45, 2.75) is 31.7 Å². The molecule has 0 radical (unpaired) electrons. The SMILES string of the molecule is N#Cc1cn2c(NCc3c(F)ccc4c3CCO4)ncc(C3CC3)c2n1. The van der Waals surface area contributed by atoms with Gasteiger partial charge in [-0.3, -0.25) is 4.40 Å². The number of nitrogens with zero attached hydrogens (tertiary/aromatic N) is 4. The largest absolute Gasteiger partial charge is 0.493 e. The normalized spacial score (nSPS) is 15.5. The van der Waals surface area contributed by atoms with E-state index in [9.17, 15) is 9.65 Å². The van der Waals surface area contributed by atoms with Crippen molar-refractivity contribution >= 4 is 11.6 Å². The molecule has 2 aromatic heterocycles. The molecule has 6 nitrogen and oxygen atoms in total. The summed E-state index contributed by atoms with van der Waals surface area (Å²) in [5.74, 6) is 1.52. The number of ether oxygens (including phenoxy) is 1. The maximum absolute atomic E-state index is 14.3. The second-order valence-corrected chi connectivity index (χ2v) is 6.70. The molecule has 1 saturated carbocycles. The summed E-state index contributed by atoms with van der Waals surface area (Å²) in [6, 6.07) is 5.20. The minimum absolute atomic E-state index is 0.254. The first kappa shape index (κ1) is 15.1. The number of benzene rings is 1. The van der Waals surface area contributed by atoms with E-state index in [0.717, 1.165) is 35.4 Å². The van der Waals surface area contributed by atoms with Gasteiger partial charge < -0.3 is 10.1 Å². The average Bonchev–Trinajstić information content (AvgIpc) is 3.21. The maximum atomic E-state index is 14.3. The van der Waals surface area contributed by atoms with Crippen molar-refractivity contribution in [3.8, 4) is 11.8 Å². The van der Waals surface area contributed by atoms with Crippen LogP contribution in [0.4, 0.5) is 10.3 Å². The van der Waals surface area contributed by atoms with Crippen LogP contribution >= 0.6 is 0 Å². The van der Waals surface area contributed by atoms with Gasteiger partial charge in [-0.1, -0.05) is 0 Å². The molecule has 1 aliphatic carbocycles. The van der Waals surface area contributed by atoms with Crippen molar-refractivity contribution in [3.63, 3.8) is 0 Å². The van der Waals surface area contributed by atoms with Crippen molar-refractivity contribution in [1.82, 2.24) is 14.4 Å². The van der Waals surface area contributed by atoms with Crippen LogP contribution in [0.15, 0.2) is 24.5 Å². The van der Waals surface area contributed by atoms with E-state index in [4.69, 9.17) is 4.74 Å².